The Balaban J connectivity index is 1.72. The van der Waals surface area contributed by atoms with Gasteiger partial charge in [-0.05, 0) is 42.4 Å². The van der Waals surface area contributed by atoms with Gasteiger partial charge in [-0.1, -0.05) is 29.5 Å². The van der Waals surface area contributed by atoms with E-state index < -0.39 is 0 Å². The average molecular weight is 301 g/mol. The van der Waals surface area contributed by atoms with Gasteiger partial charge in [-0.3, -0.25) is 4.90 Å². The number of hydrogen-bond donors (Lipinski definition) is 1. The molecule has 0 atom stereocenters. The van der Waals surface area contributed by atoms with E-state index in [0.29, 0.717) is 11.7 Å². The quantitative estimate of drug-likeness (QED) is 0.800. The van der Waals surface area contributed by atoms with Gasteiger partial charge in [0.1, 0.15) is 5.82 Å². The Kier molecular flexibility index (Phi) is 3.86. The zero-order chi connectivity index (χ0) is 14.8. The van der Waals surface area contributed by atoms with Gasteiger partial charge >= 0.3 is 0 Å². The van der Waals surface area contributed by atoms with E-state index in [2.05, 4.69) is 22.0 Å². The van der Waals surface area contributed by atoms with Crippen LogP contribution in [0.2, 0.25) is 0 Å². The van der Waals surface area contributed by atoms with E-state index in [9.17, 15) is 4.39 Å². The van der Waals surface area contributed by atoms with Gasteiger partial charge in [0.2, 0.25) is 0 Å². The van der Waals surface area contributed by atoms with Gasteiger partial charge in [0.05, 0.1) is 10.2 Å². The van der Waals surface area contributed by atoms with Crippen molar-refractivity contribution >= 4 is 26.7 Å². The van der Waals surface area contributed by atoms with E-state index in [0.717, 1.165) is 22.3 Å². The molecule has 1 heterocycles. The van der Waals surface area contributed by atoms with Crippen molar-refractivity contribution in [2.45, 2.75) is 13.1 Å². The first-order valence-electron chi connectivity index (χ1n) is 6.68. The van der Waals surface area contributed by atoms with Crippen LogP contribution in [0.5, 0.6) is 0 Å². The van der Waals surface area contributed by atoms with Crippen molar-refractivity contribution in [3.63, 3.8) is 0 Å². The standard InChI is InChI=1S/C16H16FN3S/c1-20(9-11-3-2-4-13(17)7-11)10-12-5-6-14-15(8-12)21-16(18)19-14/h2-8H,9-10H2,1H3,(H2,18,19). The topological polar surface area (TPSA) is 42.2 Å². The molecule has 0 unspecified atom stereocenters. The third-order valence-electron chi connectivity index (χ3n) is 3.26. The summed E-state index contributed by atoms with van der Waals surface area (Å²) in [4.78, 5) is 6.40. The Morgan fingerprint density at radius 1 is 1.14 bits per heavy atom. The minimum Gasteiger partial charge on any atom is -0.375 e. The number of nitrogen functional groups attached to an aromatic ring is 1. The van der Waals surface area contributed by atoms with Crippen LogP contribution in [0.3, 0.4) is 0 Å². The van der Waals surface area contributed by atoms with Crippen LogP contribution < -0.4 is 5.73 Å². The molecule has 0 fully saturated rings. The third-order valence-corrected chi connectivity index (χ3v) is 4.11. The molecule has 21 heavy (non-hydrogen) atoms. The zero-order valence-corrected chi connectivity index (χ0v) is 12.5. The molecule has 0 saturated carbocycles. The predicted molar refractivity (Wildman–Crippen MR) is 85.6 cm³/mol. The second-order valence-corrected chi connectivity index (χ2v) is 6.22. The molecule has 0 aliphatic carbocycles. The van der Waals surface area contributed by atoms with Gasteiger partial charge in [-0.2, -0.15) is 0 Å². The molecule has 2 N–H and O–H groups in total. The molecule has 0 aliphatic rings. The lowest BCUT2D eigenvalue weighted by molar-refractivity contribution is 0.318. The number of fused-ring (bicyclic) bond motifs is 1. The molecule has 0 amide bonds. The average Bonchev–Trinajstić information content (AvgIpc) is 2.78. The highest BCUT2D eigenvalue weighted by Crippen LogP contribution is 2.25. The fourth-order valence-corrected chi connectivity index (χ4v) is 3.20. The molecular formula is C16H16FN3S. The minimum atomic E-state index is -0.192. The summed E-state index contributed by atoms with van der Waals surface area (Å²) < 4.78 is 14.3. The van der Waals surface area contributed by atoms with Crippen molar-refractivity contribution in [2.75, 3.05) is 12.8 Å². The van der Waals surface area contributed by atoms with Crippen LogP contribution in [-0.4, -0.2) is 16.9 Å². The summed E-state index contributed by atoms with van der Waals surface area (Å²) in [7, 11) is 2.02. The first-order valence-corrected chi connectivity index (χ1v) is 7.50. The highest BCUT2D eigenvalue weighted by Gasteiger charge is 2.06. The first-order chi connectivity index (χ1) is 10.1. The summed E-state index contributed by atoms with van der Waals surface area (Å²) in [5.41, 5.74) is 8.83. The molecular weight excluding hydrogens is 285 g/mol. The summed E-state index contributed by atoms with van der Waals surface area (Å²) in [6.45, 7) is 1.50. The maximum absolute atomic E-state index is 13.2. The summed E-state index contributed by atoms with van der Waals surface area (Å²) in [5.74, 6) is -0.192. The highest BCUT2D eigenvalue weighted by molar-refractivity contribution is 7.22. The first kappa shape index (κ1) is 14.0. The van der Waals surface area contributed by atoms with Crippen molar-refractivity contribution in [2.24, 2.45) is 0 Å². The van der Waals surface area contributed by atoms with Crippen LogP contribution >= 0.6 is 11.3 Å². The maximum atomic E-state index is 13.2. The van der Waals surface area contributed by atoms with Crippen LogP contribution in [-0.2, 0) is 13.1 Å². The maximum Gasteiger partial charge on any atom is 0.181 e. The number of rotatable bonds is 4. The van der Waals surface area contributed by atoms with Crippen molar-refractivity contribution in [1.82, 2.24) is 9.88 Å². The van der Waals surface area contributed by atoms with E-state index in [1.54, 1.807) is 12.1 Å². The summed E-state index contributed by atoms with van der Waals surface area (Å²) in [6, 6.07) is 12.9. The number of nitrogens with zero attached hydrogens (tertiary/aromatic N) is 2. The lowest BCUT2D eigenvalue weighted by Gasteiger charge is -2.16. The Hall–Kier alpha value is -1.98. The molecule has 0 radical (unpaired) electrons. The monoisotopic (exact) mass is 301 g/mol. The predicted octanol–water partition coefficient (Wildman–Crippen LogP) is 3.65. The highest BCUT2D eigenvalue weighted by atomic mass is 32.1. The number of nitrogens with two attached hydrogens (primary N) is 1. The van der Waals surface area contributed by atoms with E-state index in [1.165, 1.54) is 23.0 Å². The third kappa shape index (κ3) is 3.37. The van der Waals surface area contributed by atoms with Gasteiger partial charge in [-0.25, -0.2) is 9.37 Å². The molecule has 108 valence electrons. The van der Waals surface area contributed by atoms with Crippen molar-refractivity contribution < 1.29 is 4.39 Å². The molecule has 3 nitrogen and oxygen atoms in total. The second kappa shape index (κ2) is 5.79. The number of anilines is 1. The van der Waals surface area contributed by atoms with Gasteiger partial charge in [0.15, 0.2) is 5.13 Å². The van der Waals surface area contributed by atoms with Crippen molar-refractivity contribution in [3.05, 3.63) is 59.4 Å². The van der Waals surface area contributed by atoms with Gasteiger partial charge < -0.3 is 5.73 Å². The largest absolute Gasteiger partial charge is 0.375 e. The van der Waals surface area contributed by atoms with Gasteiger partial charge in [0, 0.05) is 13.1 Å². The number of thiazole rings is 1. The molecule has 0 saturated heterocycles. The molecule has 3 rings (SSSR count). The number of aromatic nitrogens is 1. The molecule has 1 aromatic heterocycles. The van der Waals surface area contributed by atoms with E-state index in [-0.39, 0.29) is 5.82 Å². The number of benzene rings is 2. The van der Waals surface area contributed by atoms with Crippen LogP contribution in [0.15, 0.2) is 42.5 Å². The summed E-state index contributed by atoms with van der Waals surface area (Å²) >= 11 is 1.50. The molecule has 0 spiro atoms. The van der Waals surface area contributed by atoms with Crippen LogP contribution in [0.4, 0.5) is 9.52 Å². The molecule has 3 aromatic rings. The van der Waals surface area contributed by atoms with Crippen LogP contribution in [0.1, 0.15) is 11.1 Å². The SMILES string of the molecule is CN(Cc1cccc(F)c1)Cc1ccc2nc(N)sc2c1. The van der Waals surface area contributed by atoms with Gasteiger partial charge in [0.25, 0.3) is 0 Å². The van der Waals surface area contributed by atoms with Crippen LogP contribution in [0.25, 0.3) is 10.2 Å². The number of hydrogen-bond acceptors (Lipinski definition) is 4. The lowest BCUT2D eigenvalue weighted by Crippen LogP contribution is -2.17. The van der Waals surface area contributed by atoms with Crippen molar-refractivity contribution in [3.8, 4) is 0 Å². The molecule has 0 bridgehead atoms. The van der Waals surface area contributed by atoms with E-state index in [4.69, 9.17) is 5.73 Å². The van der Waals surface area contributed by atoms with Crippen molar-refractivity contribution in [1.29, 1.82) is 0 Å². The van der Waals surface area contributed by atoms with E-state index >= 15 is 0 Å². The Morgan fingerprint density at radius 2 is 1.90 bits per heavy atom. The molecule has 2 aromatic carbocycles. The smallest absolute Gasteiger partial charge is 0.181 e. The lowest BCUT2D eigenvalue weighted by atomic mass is 10.1. The summed E-state index contributed by atoms with van der Waals surface area (Å²) in [5, 5.41) is 0.593. The second-order valence-electron chi connectivity index (χ2n) is 5.16. The number of halogens is 1. The summed E-state index contributed by atoms with van der Waals surface area (Å²) in [6.07, 6.45) is 0. The zero-order valence-electron chi connectivity index (χ0n) is 11.7. The molecule has 5 heteroatoms. The normalized spacial score (nSPS) is 11.4. The molecule has 0 aliphatic heterocycles. The fraction of sp³-hybridized carbons (Fsp3) is 0.188. The Morgan fingerprint density at radius 3 is 2.67 bits per heavy atom. The van der Waals surface area contributed by atoms with Crippen LogP contribution in [0, 0.1) is 5.82 Å². The van der Waals surface area contributed by atoms with E-state index in [1.807, 2.05) is 19.2 Å². The Labute approximate surface area is 126 Å². The fourth-order valence-electron chi connectivity index (χ4n) is 2.40. The Bertz CT molecular complexity index is 769. The van der Waals surface area contributed by atoms with Gasteiger partial charge in [-0.15, -0.1) is 0 Å². The minimum absolute atomic E-state index is 0.192.